The molecule has 21 heavy (non-hydrogen) atoms. The second kappa shape index (κ2) is 6.11. The van der Waals surface area contributed by atoms with E-state index in [0.717, 1.165) is 5.39 Å². The molecule has 2 rings (SSSR count). The number of sulfonamides is 1. The van der Waals surface area contributed by atoms with Crippen LogP contribution in [0.4, 0.5) is 0 Å². The summed E-state index contributed by atoms with van der Waals surface area (Å²) in [4.78, 5) is 0.215. The smallest absolute Gasteiger partial charge is 0.241 e. The molecule has 0 bridgehead atoms. The summed E-state index contributed by atoms with van der Waals surface area (Å²) in [6, 6.07) is 12.4. The summed E-state index contributed by atoms with van der Waals surface area (Å²) in [6.07, 6.45) is 0. The largest absolute Gasteiger partial charge is 0.409 e. The molecule has 0 saturated heterocycles. The van der Waals surface area contributed by atoms with Crippen LogP contribution in [-0.2, 0) is 10.0 Å². The standard InChI is InChI=1S/C14H17N3O3S/c1-10(14(15)17-18)9-16-21(19,20)13-8-4-6-11-5-2-3-7-12(11)13/h2-8,10,16,18H,9H2,1H3,(H2,15,17). The monoisotopic (exact) mass is 307 g/mol. The third-order valence-corrected chi connectivity index (χ3v) is 4.72. The zero-order chi connectivity index (χ0) is 15.5. The van der Waals surface area contributed by atoms with Crippen LogP contribution in [0.5, 0.6) is 0 Å². The minimum Gasteiger partial charge on any atom is -0.409 e. The maximum Gasteiger partial charge on any atom is 0.241 e. The van der Waals surface area contributed by atoms with Gasteiger partial charge in [0.1, 0.15) is 5.84 Å². The van der Waals surface area contributed by atoms with E-state index in [1.54, 1.807) is 31.2 Å². The molecule has 7 heteroatoms. The number of amidine groups is 1. The number of oxime groups is 1. The summed E-state index contributed by atoms with van der Waals surface area (Å²) in [5, 5.41) is 13.0. The van der Waals surface area contributed by atoms with Gasteiger partial charge < -0.3 is 10.9 Å². The fourth-order valence-electron chi connectivity index (χ4n) is 1.95. The van der Waals surface area contributed by atoms with Gasteiger partial charge in [0.05, 0.1) is 4.90 Å². The van der Waals surface area contributed by atoms with E-state index in [1.165, 1.54) is 0 Å². The van der Waals surface area contributed by atoms with Gasteiger partial charge in [-0.1, -0.05) is 48.5 Å². The van der Waals surface area contributed by atoms with Crippen molar-refractivity contribution in [2.24, 2.45) is 16.8 Å². The fourth-order valence-corrected chi connectivity index (χ4v) is 3.30. The highest BCUT2D eigenvalue weighted by molar-refractivity contribution is 7.89. The molecule has 0 aliphatic carbocycles. The van der Waals surface area contributed by atoms with Gasteiger partial charge in [0.15, 0.2) is 0 Å². The van der Waals surface area contributed by atoms with Gasteiger partial charge in [-0.25, -0.2) is 13.1 Å². The van der Waals surface area contributed by atoms with E-state index >= 15 is 0 Å². The van der Waals surface area contributed by atoms with Gasteiger partial charge in [-0.2, -0.15) is 0 Å². The maximum absolute atomic E-state index is 12.4. The lowest BCUT2D eigenvalue weighted by molar-refractivity contribution is 0.314. The van der Waals surface area contributed by atoms with Crippen LogP contribution in [0.15, 0.2) is 52.5 Å². The molecule has 1 unspecified atom stereocenters. The number of rotatable bonds is 5. The average Bonchev–Trinajstić information content (AvgIpc) is 2.51. The topological polar surface area (TPSA) is 105 Å². The van der Waals surface area contributed by atoms with E-state index in [1.807, 2.05) is 18.2 Å². The third-order valence-electron chi connectivity index (χ3n) is 3.24. The fraction of sp³-hybridized carbons (Fsp3) is 0.214. The van der Waals surface area contributed by atoms with E-state index in [-0.39, 0.29) is 17.3 Å². The predicted octanol–water partition coefficient (Wildman–Crippen LogP) is 1.50. The van der Waals surface area contributed by atoms with Crippen LogP contribution < -0.4 is 10.5 Å². The van der Waals surface area contributed by atoms with Crippen molar-refractivity contribution in [3.63, 3.8) is 0 Å². The Morgan fingerprint density at radius 2 is 1.95 bits per heavy atom. The van der Waals surface area contributed by atoms with E-state index in [4.69, 9.17) is 10.9 Å². The maximum atomic E-state index is 12.4. The molecule has 0 radical (unpaired) electrons. The van der Waals surface area contributed by atoms with Crippen molar-refractivity contribution >= 4 is 26.6 Å². The molecule has 0 aliphatic rings. The zero-order valence-electron chi connectivity index (χ0n) is 11.5. The Morgan fingerprint density at radius 1 is 1.29 bits per heavy atom. The minimum absolute atomic E-state index is 0.0179. The molecule has 0 aromatic heterocycles. The molecular formula is C14H17N3O3S. The number of fused-ring (bicyclic) bond motifs is 1. The molecule has 4 N–H and O–H groups in total. The molecule has 0 saturated carbocycles. The zero-order valence-corrected chi connectivity index (χ0v) is 12.3. The summed E-state index contributed by atoms with van der Waals surface area (Å²) in [5.74, 6) is -0.421. The molecule has 112 valence electrons. The van der Waals surface area contributed by atoms with Crippen LogP contribution in [-0.4, -0.2) is 26.0 Å². The SMILES string of the molecule is CC(CNS(=O)(=O)c1cccc2ccccc12)/C(N)=N/O. The minimum atomic E-state index is -3.67. The highest BCUT2D eigenvalue weighted by Crippen LogP contribution is 2.22. The van der Waals surface area contributed by atoms with E-state index in [9.17, 15) is 8.42 Å². The number of hydrogen-bond acceptors (Lipinski definition) is 4. The van der Waals surface area contributed by atoms with Crippen LogP contribution in [0, 0.1) is 5.92 Å². The normalized spacial score (nSPS) is 14.2. The predicted molar refractivity (Wildman–Crippen MR) is 81.7 cm³/mol. The molecule has 1 atom stereocenters. The van der Waals surface area contributed by atoms with Crippen molar-refractivity contribution in [2.45, 2.75) is 11.8 Å². The summed E-state index contributed by atoms with van der Waals surface area (Å²) >= 11 is 0. The number of nitrogens with one attached hydrogen (secondary N) is 1. The van der Waals surface area contributed by atoms with Crippen molar-refractivity contribution in [3.8, 4) is 0 Å². The summed E-state index contributed by atoms with van der Waals surface area (Å²) < 4.78 is 27.3. The summed E-state index contributed by atoms with van der Waals surface area (Å²) in [6.45, 7) is 1.72. The van der Waals surface area contributed by atoms with Gasteiger partial charge in [0, 0.05) is 17.8 Å². The number of nitrogens with two attached hydrogens (primary N) is 1. The quantitative estimate of drug-likeness (QED) is 0.337. The van der Waals surface area contributed by atoms with E-state index in [0.29, 0.717) is 5.39 Å². The van der Waals surface area contributed by atoms with Crippen molar-refractivity contribution in [3.05, 3.63) is 42.5 Å². The summed E-state index contributed by atoms with van der Waals surface area (Å²) in [5.41, 5.74) is 5.44. The highest BCUT2D eigenvalue weighted by Gasteiger charge is 2.18. The van der Waals surface area contributed by atoms with Gasteiger partial charge in [0.2, 0.25) is 10.0 Å². The average molecular weight is 307 g/mol. The molecule has 0 fully saturated rings. The Balaban J connectivity index is 2.30. The highest BCUT2D eigenvalue weighted by atomic mass is 32.2. The Labute approximate surface area is 123 Å². The molecule has 6 nitrogen and oxygen atoms in total. The second-order valence-corrected chi connectivity index (χ2v) is 6.49. The van der Waals surface area contributed by atoms with Gasteiger partial charge in [-0.05, 0) is 11.5 Å². The number of benzene rings is 2. The van der Waals surface area contributed by atoms with E-state index < -0.39 is 15.9 Å². The molecule has 0 heterocycles. The van der Waals surface area contributed by atoms with Gasteiger partial charge in [-0.15, -0.1) is 0 Å². The molecule has 0 spiro atoms. The molecular weight excluding hydrogens is 290 g/mol. The van der Waals surface area contributed by atoms with Crippen molar-refractivity contribution in [1.82, 2.24) is 4.72 Å². The Hall–Kier alpha value is -2.12. The Bertz CT molecular complexity index is 767. The Kier molecular flexibility index (Phi) is 4.44. The third kappa shape index (κ3) is 3.32. The van der Waals surface area contributed by atoms with E-state index in [2.05, 4.69) is 9.88 Å². The Morgan fingerprint density at radius 3 is 2.67 bits per heavy atom. The molecule has 2 aromatic carbocycles. The lowest BCUT2D eigenvalue weighted by Gasteiger charge is -2.13. The van der Waals surface area contributed by atoms with Crippen LogP contribution in [0.2, 0.25) is 0 Å². The van der Waals surface area contributed by atoms with Gasteiger partial charge in [-0.3, -0.25) is 0 Å². The van der Waals surface area contributed by atoms with Gasteiger partial charge in [0.25, 0.3) is 0 Å². The molecule has 0 amide bonds. The number of hydrogen-bond donors (Lipinski definition) is 3. The lowest BCUT2D eigenvalue weighted by Crippen LogP contribution is -2.34. The van der Waals surface area contributed by atoms with Crippen LogP contribution >= 0.6 is 0 Å². The van der Waals surface area contributed by atoms with Crippen LogP contribution in [0.3, 0.4) is 0 Å². The van der Waals surface area contributed by atoms with Crippen LogP contribution in [0.25, 0.3) is 10.8 Å². The van der Waals surface area contributed by atoms with Crippen molar-refractivity contribution in [1.29, 1.82) is 0 Å². The first-order valence-corrected chi connectivity index (χ1v) is 7.89. The lowest BCUT2D eigenvalue weighted by atomic mass is 10.1. The first kappa shape index (κ1) is 15.3. The van der Waals surface area contributed by atoms with Crippen LogP contribution in [0.1, 0.15) is 6.92 Å². The first-order valence-electron chi connectivity index (χ1n) is 6.40. The second-order valence-electron chi connectivity index (χ2n) is 4.76. The molecule has 0 aliphatic heterocycles. The molecule has 2 aromatic rings. The van der Waals surface area contributed by atoms with Gasteiger partial charge >= 0.3 is 0 Å². The number of nitrogens with zero attached hydrogens (tertiary/aromatic N) is 1. The van der Waals surface area contributed by atoms with Crippen molar-refractivity contribution < 1.29 is 13.6 Å². The van der Waals surface area contributed by atoms with Crippen molar-refractivity contribution in [2.75, 3.05) is 6.54 Å². The first-order chi connectivity index (χ1) is 9.95. The summed E-state index contributed by atoms with van der Waals surface area (Å²) in [7, 11) is -3.67.